The third-order valence-electron chi connectivity index (χ3n) is 4.09. The van der Waals surface area contributed by atoms with Gasteiger partial charge in [0.05, 0.1) is 35.6 Å². The minimum Gasteiger partial charge on any atom is -0.481 e. The van der Waals surface area contributed by atoms with Gasteiger partial charge in [-0.15, -0.1) is 11.3 Å². The van der Waals surface area contributed by atoms with E-state index in [1.165, 1.54) is 11.3 Å². The molecule has 3 heterocycles. The maximum Gasteiger partial charge on any atom is 0.266 e. The van der Waals surface area contributed by atoms with E-state index < -0.39 is 0 Å². The molecule has 1 saturated heterocycles. The van der Waals surface area contributed by atoms with Gasteiger partial charge in [-0.3, -0.25) is 4.79 Å². The molecular weight excluding hydrogens is 300 g/mol. The Hall–Kier alpha value is -1.89. The number of methoxy groups -OCH3 is 1. The summed E-state index contributed by atoms with van der Waals surface area (Å²) in [5, 5.41) is 5.35. The zero-order valence-electron chi connectivity index (χ0n) is 13.3. The van der Waals surface area contributed by atoms with E-state index >= 15 is 0 Å². The van der Waals surface area contributed by atoms with Gasteiger partial charge in [0.2, 0.25) is 5.88 Å². The Morgan fingerprint density at radius 3 is 2.86 bits per heavy atom. The maximum atomic E-state index is 12.8. The molecule has 118 valence electrons. The average Bonchev–Trinajstić information content (AvgIpc) is 3.16. The Balaban J connectivity index is 1.95. The quantitative estimate of drug-likeness (QED) is 0.872. The molecule has 0 aliphatic carbocycles. The van der Waals surface area contributed by atoms with E-state index in [9.17, 15) is 4.79 Å². The smallest absolute Gasteiger partial charge is 0.266 e. The number of amides is 1. The number of carbonyl (C=O) groups excluding carboxylic acids is 1. The molecule has 0 saturated carbocycles. The van der Waals surface area contributed by atoms with Gasteiger partial charge in [0.25, 0.3) is 5.91 Å². The number of hydrogen-bond donors (Lipinski definition) is 0. The lowest BCUT2D eigenvalue weighted by Crippen LogP contribution is -2.30. The summed E-state index contributed by atoms with van der Waals surface area (Å²) < 4.78 is 7.24. The molecule has 1 aliphatic rings. The highest BCUT2D eigenvalue weighted by Gasteiger charge is 2.35. The zero-order chi connectivity index (χ0) is 15.9. The van der Waals surface area contributed by atoms with Crippen molar-refractivity contribution in [3.05, 3.63) is 27.3 Å². The lowest BCUT2D eigenvalue weighted by atomic mass is 10.0. The molecule has 0 unspecified atom stereocenters. The minimum atomic E-state index is 0.0264. The predicted octanol–water partition coefficient (Wildman–Crippen LogP) is 2.48. The molecule has 0 radical (unpaired) electrons. The number of ether oxygens (including phenoxy) is 1. The van der Waals surface area contributed by atoms with Crippen molar-refractivity contribution >= 4 is 17.2 Å². The van der Waals surface area contributed by atoms with Crippen molar-refractivity contribution in [3.8, 4) is 5.88 Å². The van der Waals surface area contributed by atoms with Crippen LogP contribution in [0.25, 0.3) is 0 Å². The molecule has 3 rings (SSSR count). The van der Waals surface area contributed by atoms with Crippen LogP contribution in [0.2, 0.25) is 0 Å². The Bertz CT molecular complexity index is 706. The normalized spacial score (nSPS) is 18.0. The second-order valence-corrected chi connectivity index (χ2v) is 6.77. The summed E-state index contributed by atoms with van der Waals surface area (Å²) in [6, 6.07) is 0.0264. The molecule has 0 spiro atoms. The van der Waals surface area contributed by atoms with Gasteiger partial charge in [-0.2, -0.15) is 5.10 Å². The third-order valence-corrected chi connectivity index (χ3v) is 4.99. The van der Waals surface area contributed by atoms with E-state index in [4.69, 9.17) is 4.74 Å². The fourth-order valence-electron chi connectivity index (χ4n) is 3.19. The molecule has 2 aromatic rings. The summed E-state index contributed by atoms with van der Waals surface area (Å²) in [6.07, 6.45) is 3.60. The molecule has 0 bridgehead atoms. The van der Waals surface area contributed by atoms with Crippen LogP contribution in [0.5, 0.6) is 5.88 Å². The molecule has 7 heteroatoms. The fraction of sp³-hybridized carbons (Fsp3) is 0.533. The molecule has 6 nitrogen and oxygen atoms in total. The van der Waals surface area contributed by atoms with Gasteiger partial charge in [0.1, 0.15) is 4.88 Å². The number of hydrogen-bond acceptors (Lipinski definition) is 5. The second kappa shape index (κ2) is 5.72. The standard InChI is InChI=1S/C15H20N4O2S/c1-9-13(15(21-4)18(3)17-9)11-6-5-7-19(11)14(20)12-8-16-10(2)22-12/h8,11H,5-7H2,1-4H3/t11-/m0/s1. The van der Waals surface area contributed by atoms with Crippen LogP contribution in [0.1, 0.15) is 44.8 Å². The van der Waals surface area contributed by atoms with Crippen molar-refractivity contribution in [2.75, 3.05) is 13.7 Å². The zero-order valence-corrected chi connectivity index (χ0v) is 14.1. The van der Waals surface area contributed by atoms with Gasteiger partial charge < -0.3 is 9.64 Å². The van der Waals surface area contributed by atoms with Crippen molar-refractivity contribution in [2.45, 2.75) is 32.7 Å². The molecule has 1 aliphatic heterocycles. The van der Waals surface area contributed by atoms with E-state index in [0.717, 1.165) is 41.5 Å². The van der Waals surface area contributed by atoms with E-state index in [-0.39, 0.29) is 11.9 Å². The molecule has 22 heavy (non-hydrogen) atoms. The largest absolute Gasteiger partial charge is 0.481 e. The summed E-state index contributed by atoms with van der Waals surface area (Å²) in [4.78, 5) is 19.6. The Morgan fingerprint density at radius 2 is 2.23 bits per heavy atom. The summed E-state index contributed by atoms with van der Waals surface area (Å²) >= 11 is 1.44. The monoisotopic (exact) mass is 320 g/mol. The Morgan fingerprint density at radius 1 is 1.45 bits per heavy atom. The average molecular weight is 320 g/mol. The number of rotatable bonds is 3. The first kappa shape index (κ1) is 15.0. The summed E-state index contributed by atoms with van der Waals surface area (Å²) in [6.45, 7) is 4.64. The van der Waals surface area contributed by atoms with Crippen LogP contribution < -0.4 is 4.74 Å². The van der Waals surface area contributed by atoms with Crippen LogP contribution in [-0.4, -0.2) is 39.2 Å². The maximum absolute atomic E-state index is 12.8. The van der Waals surface area contributed by atoms with E-state index in [2.05, 4.69) is 10.1 Å². The SMILES string of the molecule is COc1c([C@@H]2CCCN2C(=O)c2cnc(C)s2)c(C)nn1C. The van der Waals surface area contributed by atoms with Gasteiger partial charge in [-0.25, -0.2) is 9.67 Å². The van der Waals surface area contributed by atoms with Gasteiger partial charge >= 0.3 is 0 Å². The van der Waals surface area contributed by atoms with Crippen molar-refractivity contribution in [1.29, 1.82) is 0 Å². The van der Waals surface area contributed by atoms with Crippen molar-refractivity contribution in [1.82, 2.24) is 19.7 Å². The van der Waals surface area contributed by atoms with Gasteiger partial charge in [-0.1, -0.05) is 0 Å². The molecule has 1 amide bonds. The lowest BCUT2D eigenvalue weighted by Gasteiger charge is -2.24. The van der Waals surface area contributed by atoms with Crippen LogP contribution in [0.4, 0.5) is 0 Å². The summed E-state index contributed by atoms with van der Waals surface area (Å²) in [7, 11) is 3.51. The highest BCUT2D eigenvalue weighted by molar-refractivity contribution is 7.13. The number of thiazole rings is 1. The first-order valence-electron chi connectivity index (χ1n) is 7.33. The first-order chi connectivity index (χ1) is 10.5. The van der Waals surface area contributed by atoms with E-state index in [1.807, 2.05) is 25.8 Å². The molecule has 0 N–H and O–H groups in total. The lowest BCUT2D eigenvalue weighted by molar-refractivity contribution is 0.0738. The molecule has 1 fully saturated rings. The van der Waals surface area contributed by atoms with Gasteiger partial charge in [-0.05, 0) is 26.7 Å². The second-order valence-electron chi connectivity index (χ2n) is 5.53. The number of carbonyl (C=O) groups is 1. The molecule has 1 atom stereocenters. The van der Waals surface area contributed by atoms with Crippen LogP contribution in [0.3, 0.4) is 0 Å². The van der Waals surface area contributed by atoms with Crippen LogP contribution in [0, 0.1) is 13.8 Å². The highest BCUT2D eigenvalue weighted by atomic mass is 32.1. The Labute approximate surface area is 133 Å². The third kappa shape index (κ3) is 2.39. The fourth-order valence-corrected chi connectivity index (χ4v) is 3.92. The number of nitrogens with zero attached hydrogens (tertiary/aromatic N) is 4. The molecule has 0 aromatic carbocycles. The predicted molar refractivity (Wildman–Crippen MR) is 84.4 cm³/mol. The van der Waals surface area contributed by atoms with Crippen molar-refractivity contribution in [2.24, 2.45) is 7.05 Å². The van der Waals surface area contributed by atoms with Crippen LogP contribution in [-0.2, 0) is 7.05 Å². The van der Waals surface area contributed by atoms with Crippen molar-refractivity contribution < 1.29 is 9.53 Å². The van der Waals surface area contributed by atoms with Crippen molar-refractivity contribution in [3.63, 3.8) is 0 Å². The first-order valence-corrected chi connectivity index (χ1v) is 8.15. The number of aromatic nitrogens is 3. The van der Waals surface area contributed by atoms with E-state index in [1.54, 1.807) is 18.0 Å². The van der Waals surface area contributed by atoms with Gasteiger partial charge in [0, 0.05) is 13.6 Å². The van der Waals surface area contributed by atoms with Gasteiger partial charge in [0.15, 0.2) is 0 Å². The Kier molecular flexibility index (Phi) is 3.90. The molecule has 2 aromatic heterocycles. The minimum absolute atomic E-state index is 0.0264. The molecular formula is C15H20N4O2S. The highest BCUT2D eigenvalue weighted by Crippen LogP contribution is 2.39. The summed E-state index contributed by atoms with van der Waals surface area (Å²) in [5.74, 6) is 0.793. The summed E-state index contributed by atoms with van der Waals surface area (Å²) in [5.41, 5.74) is 1.95. The van der Waals surface area contributed by atoms with Crippen LogP contribution in [0.15, 0.2) is 6.20 Å². The number of likely N-dealkylation sites (tertiary alicyclic amines) is 1. The van der Waals surface area contributed by atoms with E-state index in [0.29, 0.717) is 4.88 Å². The number of aryl methyl sites for hydroxylation is 3. The van der Waals surface area contributed by atoms with Crippen LogP contribution >= 0.6 is 11.3 Å². The topological polar surface area (TPSA) is 60.2 Å².